The maximum Gasteiger partial charge on any atom is 0.253 e. The van der Waals surface area contributed by atoms with Gasteiger partial charge in [-0.15, -0.1) is 0 Å². The maximum atomic E-state index is 12.2. The first-order chi connectivity index (χ1) is 8.51. The van der Waals surface area contributed by atoms with Crippen LogP contribution in [0.3, 0.4) is 0 Å². The molecule has 100 valence electrons. The van der Waals surface area contributed by atoms with Crippen molar-refractivity contribution in [3.8, 4) is 5.75 Å². The van der Waals surface area contributed by atoms with Gasteiger partial charge in [0.25, 0.3) is 5.91 Å². The average Bonchev–Trinajstić information content (AvgIpc) is 2.38. The Labute approximate surface area is 109 Å². The van der Waals surface area contributed by atoms with E-state index in [1.807, 2.05) is 20.9 Å². The summed E-state index contributed by atoms with van der Waals surface area (Å²) in [6.07, 6.45) is 0.925. The van der Waals surface area contributed by atoms with Gasteiger partial charge in [-0.05, 0) is 38.5 Å². The number of nitrogens with zero attached hydrogens (tertiary/aromatic N) is 1. The van der Waals surface area contributed by atoms with Gasteiger partial charge < -0.3 is 15.4 Å². The highest BCUT2D eigenvalue weighted by atomic mass is 16.5. The van der Waals surface area contributed by atoms with Gasteiger partial charge in [-0.25, -0.2) is 0 Å². The smallest absolute Gasteiger partial charge is 0.253 e. The predicted octanol–water partition coefficient (Wildman–Crippen LogP) is 2.54. The SMILES string of the molecule is CCOc1ccc(C(=O)N(C)C(C)CC)cc1N. The third-order valence-electron chi connectivity index (χ3n) is 3.13. The van der Waals surface area contributed by atoms with Crippen molar-refractivity contribution in [3.63, 3.8) is 0 Å². The number of hydrogen-bond donors (Lipinski definition) is 1. The van der Waals surface area contributed by atoms with E-state index in [4.69, 9.17) is 10.5 Å². The van der Waals surface area contributed by atoms with Crippen LogP contribution in [0.1, 0.15) is 37.6 Å². The Morgan fingerprint density at radius 1 is 1.44 bits per heavy atom. The highest BCUT2D eigenvalue weighted by Gasteiger charge is 2.17. The summed E-state index contributed by atoms with van der Waals surface area (Å²) in [6, 6.07) is 5.39. The summed E-state index contributed by atoms with van der Waals surface area (Å²) >= 11 is 0. The van der Waals surface area contributed by atoms with Crippen LogP contribution in [0.4, 0.5) is 5.69 Å². The summed E-state index contributed by atoms with van der Waals surface area (Å²) in [4.78, 5) is 13.9. The molecule has 18 heavy (non-hydrogen) atoms. The Balaban J connectivity index is 2.90. The molecule has 1 rings (SSSR count). The van der Waals surface area contributed by atoms with Crippen molar-refractivity contribution in [1.29, 1.82) is 0 Å². The molecule has 1 atom stereocenters. The van der Waals surface area contributed by atoms with E-state index in [0.717, 1.165) is 6.42 Å². The Morgan fingerprint density at radius 3 is 2.61 bits per heavy atom. The van der Waals surface area contributed by atoms with Crippen LogP contribution in [0.15, 0.2) is 18.2 Å². The van der Waals surface area contributed by atoms with E-state index >= 15 is 0 Å². The van der Waals surface area contributed by atoms with Gasteiger partial charge in [-0.2, -0.15) is 0 Å². The molecule has 0 saturated carbocycles. The van der Waals surface area contributed by atoms with Crippen LogP contribution in [0.5, 0.6) is 5.75 Å². The number of anilines is 1. The second kappa shape index (κ2) is 6.28. The molecular weight excluding hydrogens is 228 g/mol. The fourth-order valence-corrected chi connectivity index (χ4v) is 1.65. The van der Waals surface area contributed by atoms with Crippen LogP contribution in [-0.4, -0.2) is 30.5 Å². The highest BCUT2D eigenvalue weighted by molar-refractivity contribution is 5.95. The normalized spacial score (nSPS) is 12.0. The van der Waals surface area contributed by atoms with Crippen LogP contribution < -0.4 is 10.5 Å². The molecule has 4 nitrogen and oxygen atoms in total. The van der Waals surface area contributed by atoms with Crippen molar-refractivity contribution in [2.75, 3.05) is 19.4 Å². The molecule has 0 aliphatic rings. The summed E-state index contributed by atoms with van der Waals surface area (Å²) in [6.45, 7) is 6.54. The summed E-state index contributed by atoms with van der Waals surface area (Å²) in [7, 11) is 1.81. The molecule has 0 spiro atoms. The first-order valence-electron chi connectivity index (χ1n) is 6.30. The van der Waals surface area contributed by atoms with Crippen molar-refractivity contribution in [3.05, 3.63) is 23.8 Å². The number of carbonyl (C=O) groups excluding carboxylic acids is 1. The van der Waals surface area contributed by atoms with Crippen molar-refractivity contribution in [2.24, 2.45) is 0 Å². The lowest BCUT2D eigenvalue weighted by Gasteiger charge is -2.24. The molecule has 1 aromatic carbocycles. The van der Waals surface area contributed by atoms with Gasteiger partial charge in [0.15, 0.2) is 0 Å². The number of benzene rings is 1. The molecule has 0 bridgehead atoms. The second-order valence-corrected chi connectivity index (χ2v) is 4.36. The van der Waals surface area contributed by atoms with Gasteiger partial charge in [0, 0.05) is 18.7 Å². The summed E-state index contributed by atoms with van der Waals surface area (Å²) < 4.78 is 5.35. The number of ether oxygens (including phenoxy) is 1. The van der Waals surface area contributed by atoms with Crippen molar-refractivity contribution in [1.82, 2.24) is 4.90 Å². The molecule has 0 aromatic heterocycles. The first-order valence-corrected chi connectivity index (χ1v) is 6.30. The second-order valence-electron chi connectivity index (χ2n) is 4.36. The number of hydrogen-bond acceptors (Lipinski definition) is 3. The number of nitrogens with two attached hydrogens (primary N) is 1. The summed E-state index contributed by atoms with van der Waals surface area (Å²) in [5, 5.41) is 0. The maximum absolute atomic E-state index is 12.2. The quantitative estimate of drug-likeness (QED) is 0.817. The van der Waals surface area contributed by atoms with E-state index in [0.29, 0.717) is 23.6 Å². The minimum absolute atomic E-state index is 0.0147. The number of rotatable bonds is 5. The molecule has 1 amide bonds. The molecule has 0 fully saturated rings. The predicted molar refractivity (Wildman–Crippen MR) is 73.9 cm³/mol. The molecular formula is C14H22N2O2. The Kier molecular flexibility index (Phi) is 5.01. The lowest BCUT2D eigenvalue weighted by Crippen LogP contribution is -2.34. The van der Waals surface area contributed by atoms with E-state index in [1.165, 1.54) is 0 Å². The van der Waals surface area contributed by atoms with E-state index in [2.05, 4.69) is 6.92 Å². The van der Waals surface area contributed by atoms with Gasteiger partial charge in [0.05, 0.1) is 12.3 Å². The average molecular weight is 250 g/mol. The highest BCUT2D eigenvalue weighted by Crippen LogP contribution is 2.23. The molecule has 0 heterocycles. The van der Waals surface area contributed by atoms with Crippen LogP contribution in [0.2, 0.25) is 0 Å². The number of carbonyl (C=O) groups is 1. The van der Waals surface area contributed by atoms with Gasteiger partial charge in [0.1, 0.15) is 5.75 Å². The molecule has 0 aliphatic heterocycles. The van der Waals surface area contributed by atoms with Crippen molar-refractivity contribution < 1.29 is 9.53 Å². The van der Waals surface area contributed by atoms with Crippen molar-refractivity contribution in [2.45, 2.75) is 33.2 Å². The summed E-state index contributed by atoms with van der Waals surface area (Å²) in [5.41, 5.74) is 6.95. The number of nitrogen functional groups attached to an aromatic ring is 1. The molecule has 0 radical (unpaired) electrons. The zero-order chi connectivity index (χ0) is 13.7. The Morgan fingerprint density at radius 2 is 2.11 bits per heavy atom. The third kappa shape index (κ3) is 3.15. The van der Waals surface area contributed by atoms with E-state index in [9.17, 15) is 4.79 Å². The lowest BCUT2D eigenvalue weighted by molar-refractivity contribution is 0.0740. The summed E-state index contributed by atoms with van der Waals surface area (Å²) in [5.74, 6) is 0.611. The molecule has 4 heteroatoms. The van der Waals surface area contributed by atoms with Crippen molar-refractivity contribution >= 4 is 11.6 Å². The zero-order valence-corrected chi connectivity index (χ0v) is 11.6. The molecule has 1 unspecified atom stereocenters. The van der Waals surface area contributed by atoms with Crippen LogP contribution in [0.25, 0.3) is 0 Å². The van der Waals surface area contributed by atoms with Crippen LogP contribution in [0, 0.1) is 0 Å². The third-order valence-corrected chi connectivity index (χ3v) is 3.13. The molecule has 2 N–H and O–H groups in total. The largest absolute Gasteiger partial charge is 0.492 e. The standard InChI is InChI=1S/C14H22N2O2/c1-5-10(3)16(4)14(17)11-7-8-13(18-6-2)12(15)9-11/h7-10H,5-6,15H2,1-4H3. The van der Waals surface area contributed by atoms with E-state index in [1.54, 1.807) is 23.1 Å². The van der Waals surface area contributed by atoms with Gasteiger partial charge in [-0.1, -0.05) is 6.92 Å². The fraction of sp³-hybridized carbons (Fsp3) is 0.500. The molecule has 0 saturated heterocycles. The molecule has 0 aliphatic carbocycles. The molecule has 1 aromatic rings. The fourth-order valence-electron chi connectivity index (χ4n) is 1.65. The van der Waals surface area contributed by atoms with Gasteiger partial charge in [-0.3, -0.25) is 4.79 Å². The van der Waals surface area contributed by atoms with E-state index in [-0.39, 0.29) is 11.9 Å². The minimum atomic E-state index is -0.0147. The van der Waals surface area contributed by atoms with Crippen LogP contribution >= 0.6 is 0 Å². The van der Waals surface area contributed by atoms with Gasteiger partial charge in [0.2, 0.25) is 0 Å². The monoisotopic (exact) mass is 250 g/mol. The first kappa shape index (κ1) is 14.4. The van der Waals surface area contributed by atoms with E-state index < -0.39 is 0 Å². The topological polar surface area (TPSA) is 55.6 Å². The van der Waals surface area contributed by atoms with Crippen LogP contribution in [-0.2, 0) is 0 Å². The van der Waals surface area contributed by atoms with Gasteiger partial charge >= 0.3 is 0 Å². The lowest BCUT2D eigenvalue weighted by atomic mass is 10.1. The number of amides is 1. The minimum Gasteiger partial charge on any atom is -0.492 e. The zero-order valence-electron chi connectivity index (χ0n) is 11.6. The Bertz CT molecular complexity index is 418. The Hall–Kier alpha value is -1.71.